The molecule has 0 aromatic heterocycles. The molecule has 0 amide bonds. The smallest absolute Gasteiger partial charge is 0.339 e. The second-order valence-corrected chi connectivity index (χ2v) is 3.66. The van der Waals surface area contributed by atoms with Crippen LogP contribution in [0.4, 0.5) is 5.69 Å². The van der Waals surface area contributed by atoms with E-state index in [1.54, 1.807) is 35.4 Å². The van der Waals surface area contributed by atoms with E-state index in [1.165, 1.54) is 7.11 Å². The summed E-state index contributed by atoms with van der Waals surface area (Å²) in [5, 5.41) is 0. The summed E-state index contributed by atoms with van der Waals surface area (Å²) in [6.45, 7) is 6.87. The quantitative estimate of drug-likeness (QED) is 0.454. The average molecular weight is 230 g/mol. The normalized spacial score (nSPS) is 10.6. The van der Waals surface area contributed by atoms with Crippen molar-refractivity contribution < 1.29 is 9.53 Å². The molecule has 0 aliphatic rings. The highest BCUT2D eigenvalue weighted by molar-refractivity contribution is 6.16. The van der Waals surface area contributed by atoms with Crippen LogP contribution in [-0.4, -0.2) is 32.1 Å². The number of hydrogen-bond donors (Lipinski definition) is 0. The van der Waals surface area contributed by atoms with Gasteiger partial charge in [-0.1, -0.05) is 24.3 Å². The van der Waals surface area contributed by atoms with E-state index in [9.17, 15) is 4.79 Å². The minimum atomic E-state index is -0.394. The molecule has 17 heavy (non-hydrogen) atoms. The number of esters is 1. The molecule has 0 radical (unpaired) electrons. The Labute approximate surface area is 101 Å². The van der Waals surface area contributed by atoms with Gasteiger partial charge in [0.25, 0.3) is 0 Å². The van der Waals surface area contributed by atoms with Crippen LogP contribution in [0.25, 0.3) is 10.4 Å². The molecule has 0 heterocycles. The predicted octanol–water partition coefficient (Wildman–Crippen LogP) is 2.31. The fourth-order valence-electron chi connectivity index (χ4n) is 1.33. The van der Waals surface area contributed by atoms with E-state index in [2.05, 4.69) is 4.85 Å². The maximum atomic E-state index is 11.6. The molecule has 0 aliphatic carbocycles. The molecule has 0 aliphatic heterocycles. The zero-order valence-electron chi connectivity index (χ0n) is 10.1. The molecule has 0 spiro atoms. The molecule has 1 rings (SSSR count). The van der Waals surface area contributed by atoms with Crippen molar-refractivity contribution in [3.05, 3.63) is 47.4 Å². The zero-order valence-corrected chi connectivity index (χ0v) is 10.1. The summed E-state index contributed by atoms with van der Waals surface area (Å²) in [6.07, 6.45) is 1.69. The highest BCUT2D eigenvalue weighted by Crippen LogP contribution is 2.20. The summed E-state index contributed by atoms with van der Waals surface area (Å²) in [5.41, 5.74) is 1.75. The van der Waals surface area contributed by atoms with Gasteiger partial charge in [-0.3, -0.25) is 0 Å². The van der Waals surface area contributed by atoms with Crippen LogP contribution in [0.5, 0.6) is 0 Å². The molecule has 0 N–H and O–H groups in total. The first kappa shape index (κ1) is 12.8. The third kappa shape index (κ3) is 3.35. The van der Waals surface area contributed by atoms with E-state index in [-0.39, 0.29) is 0 Å². The molecule has 1 aromatic rings. The van der Waals surface area contributed by atoms with Crippen LogP contribution in [0.3, 0.4) is 0 Å². The standard InChI is InChI=1S/C13H14N2O2/c1-14-11-7-5-10(6-8-11)12(9-15(2)3)13(16)17-4/h5-9H,2-4H3/b12-9+. The molecule has 88 valence electrons. The van der Waals surface area contributed by atoms with E-state index in [0.717, 1.165) is 5.56 Å². The van der Waals surface area contributed by atoms with Crippen LogP contribution in [0.15, 0.2) is 30.5 Å². The van der Waals surface area contributed by atoms with Gasteiger partial charge in [-0.2, -0.15) is 0 Å². The maximum Gasteiger partial charge on any atom is 0.339 e. The van der Waals surface area contributed by atoms with Crippen LogP contribution in [0, 0.1) is 6.57 Å². The number of carbonyl (C=O) groups is 1. The molecule has 1 aromatic carbocycles. The van der Waals surface area contributed by atoms with Crippen LogP contribution in [0.1, 0.15) is 5.56 Å². The van der Waals surface area contributed by atoms with Gasteiger partial charge in [-0.15, -0.1) is 0 Å². The minimum Gasteiger partial charge on any atom is -0.465 e. The van der Waals surface area contributed by atoms with Crippen LogP contribution < -0.4 is 0 Å². The van der Waals surface area contributed by atoms with E-state index in [0.29, 0.717) is 11.3 Å². The van der Waals surface area contributed by atoms with Gasteiger partial charge in [0.15, 0.2) is 5.69 Å². The van der Waals surface area contributed by atoms with Crippen LogP contribution >= 0.6 is 0 Å². The summed E-state index contributed by atoms with van der Waals surface area (Å²) < 4.78 is 4.73. The Bertz CT molecular complexity index is 467. The number of rotatable bonds is 3. The number of benzene rings is 1. The molecule has 4 nitrogen and oxygen atoms in total. The van der Waals surface area contributed by atoms with Crippen LogP contribution in [0.2, 0.25) is 0 Å². The average Bonchev–Trinajstić information content (AvgIpc) is 2.35. The topological polar surface area (TPSA) is 33.9 Å². The first-order chi connectivity index (χ1) is 8.08. The van der Waals surface area contributed by atoms with Gasteiger partial charge in [0.05, 0.1) is 19.3 Å². The largest absolute Gasteiger partial charge is 0.465 e. The summed E-state index contributed by atoms with van der Waals surface area (Å²) in [4.78, 5) is 16.7. The van der Waals surface area contributed by atoms with E-state index in [1.807, 2.05) is 14.1 Å². The lowest BCUT2D eigenvalue weighted by Crippen LogP contribution is -2.10. The van der Waals surface area contributed by atoms with E-state index >= 15 is 0 Å². The Hall–Kier alpha value is -2.28. The Balaban J connectivity index is 3.14. The first-order valence-electron chi connectivity index (χ1n) is 5.03. The van der Waals surface area contributed by atoms with Crippen molar-refractivity contribution in [1.82, 2.24) is 4.90 Å². The van der Waals surface area contributed by atoms with Crippen molar-refractivity contribution in [2.24, 2.45) is 0 Å². The van der Waals surface area contributed by atoms with Crippen LogP contribution in [-0.2, 0) is 9.53 Å². The zero-order chi connectivity index (χ0) is 12.8. The predicted molar refractivity (Wildman–Crippen MR) is 66.4 cm³/mol. The molecule has 0 atom stereocenters. The summed E-state index contributed by atoms with van der Waals surface area (Å²) in [6, 6.07) is 6.82. The van der Waals surface area contributed by atoms with Gasteiger partial charge in [0, 0.05) is 20.3 Å². The third-order valence-corrected chi connectivity index (χ3v) is 2.10. The van der Waals surface area contributed by atoms with Gasteiger partial charge in [0.1, 0.15) is 0 Å². The number of nitrogens with zero attached hydrogens (tertiary/aromatic N) is 2. The maximum absolute atomic E-state index is 11.6. The molecule has 0 saturated heterocycles. The molecule has 0 saturated carbocycles. The SMILES string of the molecule is [C-]#[N+]c1ccc(/C(=C\N(C)C)C(=O)OC)cc1. The summed E-state index contributed by atoms with van der Waals surface area (Å²) in [5.74, 6) is -0.394. The Morgan fingerprint density at radius 3 is 2.35 bits per heavy atom. The number of hydrogen-bond acceptors (Lipinski definition) is 3. The fourth-order valence-corrected chi connectivity index (χ4v) is 1.33. The van der Waals surface area contributed by atoms with Gasteiger partial charge in [0.2, 0.25) is 0 Å². The highest BCUT2D eigenvalue weighted by Gasteiger charge is 2.12. The molecule has 0 unspecified atom stereocenters. The number of carbonyl (C=O) groups excluding carboxylic acids is 1. The van der Waals surface area contributed by atoms with Gasteiger partial charge in [-0.25, -0.2) is 9.64 Å². The molecule has 0 bridgehead atoms. The molecular weight excluding hydrogens is 216 g/mol. The monoisotopic (exact) mass is 230 g/mol. The van der Waals surface area contributed by atoms with E-state index < -0.39 is 5.97 Å². The summed E-state index contributed by atoms with van der Waals surface area (Å²) in [7, 11) is 5.01. The second-order valence-electron chi connectivity index (χ2n) is 3.66. The van der Waals surface area contributed by atoms with Gasteiger partial charge >= 0.3 is 5.97 Å². The minimum absolute atomic E-state index is 0.394. The summed E-state index contributed by atoms with van der Waals surface area (Å²) >= 11 is 0. The molecular formula is C13H14N2O2. The lowest BCUT2D eigenvalue weighted by atomic mass is 10.1. The van der Waals surface area contributed by atoms with Crippen molar-refractivity contribution in [2.75, 3.05) is 21.2 Å². The van der Waals surface area contributed by atoms with E-state index in [4.69, 9.17) is 11.3 Å². The lowest BCUT2D eigenvalue weighted by Gasteiger charge is -2.10. The van der Waals surface area contributed by atoms with Gasteiger partial charge < -0.3 is 9.64 Å². The highest BCUT2D eigenvalue weighted by atomic mass is 16.5. The molecule has 4 heteroatoms. The van der Waals surface area contributed by atoms with Crippen molar-refractivity contribution in [2.45, 2.75) is 0 Å². The van der Waals surface area contributed by atoms with Crippen molar-refractivity contribution >= 4 is 17.2 Å². The molecule has 0 fully saturated rings. The van der Waals surface area contributed by atoms with Crippen molar-refractivity contribution in [3.8, 4) is 0 Å². The first-order valence-corrected chi connectivity index (χ1v) is 5.03. The Morgan fingerprint density at radius 1 is 1.35 bits per heavy atom. The number of methoxy groups -OCH3 is 1. The Morgan fingerprint density at radius 2 is 1.94 bits per heavy atom. The van der Waals surface area contributed by atoms with Gasteiger partial charge in [-0.05, 0) is 5.56 Å². The van der Waals surface area contributed by atoms with Crippen molar-refractivity contribution in [1.29, 1.82) is 0 Å². The lowest BCUT2D eigenvalue weighted by molar-refractivity contribution is -0.133. The second kappa shape index (κ2) is 5.71. The Kier molecular flexibility index (Phi) is 4.29. The van der Waals surface area contributed by atoms with Crippen molar-refractivity contribution in [3.63, 3.8) is 0 Å². The number of ether oxygens (including phenoxy) is 1. The fraction of sp³-hybridized carbons (Fsp3) is 0.231. The third-order valence-electron chi connectivity index (χ3n) is 2.10.